The fourth-order valence-corrected chi connectivity index (χ4v) is 3.40. The molecule has 0 heterocycles. The van der Waals surface area contributed by atoms with Gasteiger partial charge in [0.05, 0.1) is 0 Å². The van der Waals surface area contributed by atoms with Crippen LogP contribution in [0.15, 0.2) is 24.3 Å². The van der Waals surface area contributed by atoms with Crippen molar-refractivity contribution in [3.8, 4) is 5.75 Å². The van der Waals surface area contributed by atoms with Gasteiger partial charge in [0, 0.05) is 11.5 Å². The van der Waals surface area contributed by atoms with Gasteiger partial charge in [0.25, 0.3) is 0 Å². The molecular formula is C13H18N2O4S2. The molecule has 116 valence electrons. The number of carbonyl (C=O) groups excluding carboxylic acids is 1. The van der Waals surface area contributed by atoms with Gasteiger partial charge in [0.2, 0.25) is 0 Å². The fraction of sp³-hybridized carbons (Fsp3) is 0.385. The predicted octanol–water partition coefficient (Wildman–Crippen LogP) is 1.02. The normalized spacial score (nSPS) is 13.5. The maximum atomic E-state index is 11.7. The highest BCUT2D eigenvalue weighted by atomic mass is 33.1. The van der Waals surface area contributed by atoms with E-state index in [9.17, 15) is 9.59 Å². The van der Waals surface area contributed by atoms with Crippen LogP contribution in [0.3, 0.4) is 0 Å². The lowest BCUT2D eigenvalue weighted by molar-refractivity contribution is -0.138. The number of hydrogen-bond acceptors (Lipinski definition) is 7. The van der Waals surface area contributed by atoms with Crippen molar-refractivity contribution in [1.29, 1.82) is 0 Å². The van der Waals surface area contributed by atoms with Crippen LogP contribution in [0.25, 0.3) is 0 Å². The van der Waals surface area contributed by atoms with E-state index in [1.807, 2.05) is 19.1 Å². The molecule has 1 rings (SSSR count). The van der Waals surface area contributed by atoms with E-state index < -0.39 is 24.0 Å². The summed E-state index contributed by atoms with van der Waals surface area (Å²) in [6, 6.07) is 5.39. The number of carbonyl (C=O) groups is 2. The Morgan fingerprint density at radius 3 is 2.19 bits per heavy atom. The Morgan fingerprint density at radius 1 is 1.14 bits per heavy atom. The maximum absolute atomic E-state index is 11.7. The third-order valence-electron chi connectivity index (χ3n) is 2.44. The van der Waals surface area contributed by atoms with Crippen molar-refractivity contribution in [1.82, 2.24) is 0 Å². The average Bonchev–Trinajstić information content (AvgIpc) is 2.45. The number of benzene rings is 1. The number of carboxylic acid groups (broad SMARTS) is 1. The Hall–Kier alpha value is -1.22. The van der Waals surface area contributed by atoms with E-state index in [2.05, 4.69) is 0 Å². The molecule has 0 spiro atoms. The molecule has 2 atom stereocenters. The van der Waals surface area contributed by atoms with Crippen molar-refractivity contribution in [3.63, 3.8) is 0 Å². The summed E-state index contributed by atoms with van der Waals surface area (Å²) >= 11 is 0. The fourth-order valence-electron chi connectivity index (χ4n) is 1.18. The largest absolute Gasteiger partial charge is 0.480 e. The minimum Gasteiger partial charge on any atom is -0.480 e. The van der Waals surface area contributed by atoms with Crippen LogP contribution in [-0.2, 0) is 9.59 Å². The molecule has 0 saturated carbocycles. The molecule has 0 aromatic heterocycles. The molecule has 8 heteroatoms. The van der Waals surface area contributed by atoms with Crippen molar-refractivity contribution in [2.45, 2.75) is 19.0 Å². The number of carboxylic acids is 1. The maximum Gasteiger partial charge on any atom is 0.329 e. The zero-order valence-electron chi connectivity index (χ0n) is 11.5. The molecular weight excluding hydrogens is 312 g/mol. The summed E-state index contributed by atoms with van der Waals surface area (Å²) in [5, 5.41) is 8.62. The Labute approximate surface area is 131 Å². The molecule has 0 saturated heterocycles. The number of hydrogen-bond donors (Lipinski definition) is 3. The molecule has 2 unspecified atom stereocenters. The number of rotatable bonds is 8. The number of ether oxygens (including phenoxy) is 1. The standard InChI is InChI=1S/C13H18N2O4S2/c1-8-2-4-9(5-3-8)19-13(18)11(15)7-21-20-6-10(14)12(16)17/h2-5,10-11H,6-7,14-15H2,1H3,(H,16,17). The summed E-state index contributed by atoms with van der Waals surface area (Å²) in [5.74, 6) is -0.547. The summed E-state index contributed by atoms with van der Waals surface area (Å²) in [5.41, 5.74) is 12.1. The first-order valence-electron chi connectivity index (χ1n) is 6.17. The molecule has 0 radical (unpaired) electrons. The summed E-state index contributed by atoms with van der Waals surface area (Å²) < 4.78 is 5.14. The second kappa shape index (κ2) is 8.93. The first kappa shape index (κ1) is 17.8. The van der Waals surface area contributed by atoms with Gasteiger partial charge in [0.1, 0.15) is 17.8 Å². The van der Waals surface area contributed by atoms with Crippen molar-refractivity contribution in [2.75, 3.05) is 11.5 Å². The van der Waals surface area contributed by atoms with Crippen LogP contribution in [0.5, 0.6) is 5.75 Å². The van der Waals surface area contributed by atoms with E-state index in [4.69, 9.17) is 21.3 Å². The Balaban J connectivity index is 2.28. The van der Waals surface area contributed by atoms with Gasteiger partial charge in [-0.05, 0) is 19.1 Å². The smallest absolute Gasteiger partial charge is 0.329 e. The monoisotopic (exact) mass is 330 g/mol. The molecule has 1 aromatic rings. The first-order valence-corrected chi connectivity index (χ1v) is 8.65. The molecule has 0 aliphatic heterocycles. The Bertz CT molecular complexity index is 482. The lowest BCUT2D eigenvalue weighted by atomic mass is 10.2. The summed E-state index contributed by atoms with van der Waals surface area (Å²) in [7, 11) is 2.56. The number of nitrogens with two attached hydrogens (primary N) is 2. The lowest BCUT2D eigenvalue weighted by Gasteiger charge is -2.11. The number of esters is 1. The van der Waals surface area contributed by atoms with Crippen LogP contribution >= 0.6 is 21.6 Å². The Kier molecular flexibility index (Phi) is 7.58. The minimum atomic E-state index is -1.05. The van der Waals surface area contributed by atoms with E-state index in [1.54, 1.807) is 12.1 Å². The van der Waals surface area contributed by atoms with Crippen LogP contribution in [-0.4, -0.2) is 40.6 Å². The highest BCUT2D eigenvalue weighted by molar-refractivity contribution is 8.76. The van der Waals surface area contributed by atoms with Gasteiger partial charge in [-0.2, -0.15) is 0 Å². The SMILES string of the molecule is Cc1ccc(OC(=O)C(N)CSSCC(N)C(=O)O)cc1. The topological polar surface area (TPSA) is 116 Å². The summed E-state index contributed by atoms with van der Waals surface area (Å²) in [6.07, 6.45) is 0. The van der Waals surface area contributed by atoms with Crippen LogP contribution in [0.2, 0.25) is 0 Å². The number of aryl methyl sites for hydroxylation is 1. The van der Waals surface area contributed by atoms with Gasteiger partial charge in [-0.1, -0.05) is 39.3 Å². The van der Waals surface area contributed by atoms with Gasteiger partial charge in [0.15, 0.2) is 0 Å². The van der Waals surface area contributed by atoms with E-state index in [0.29, 0.717) is 11.5 Å². The van der Waals surface area contributed by atoms with Gasteiger partial charge in [-0.3, -0.25) is 4.79 Å². The van der Waals surface area contributed by atoms with Crippen LogP contribution in [0.1, 0.15) is 5.56 Å². The van der Waals surface area contributed by atoms with Crippen LogP contribution < -0.4 is 16.2 Å². The third kappa shape index (κ3) is 6.85. The van der Waals surface area contributed by atoms with Crippen molar-refractivity contribution >= 4 is 33.5 Å². The van der Waals surface area contributed by atoms with Gasteiger partial charge >= 0.3 is 11.9 Å². The quantitative estimate of drug-likeness (QED) is 0.280. The average molecular weight is 330 g/mol. The molecule has 0 fully saturated rings. The van der Waals surface area contributed by atoms with Gasteiger partial charge in [-0.15, -0.1) is 0 Å². The second-order valence-electron chi connectivity index (χ2n) is 4.35. The lowest BCUT2D eigenvalue weighted by Crippen LogP contribution is -2.36. The molecule has 5 N–H and O–H groups in total. The summed E-state index contributed by atoms with van der Waals surface area (Å²) in [4.78, 5) is 22.3. The zero-order chi connectivity index (χ0) is 15.8. The van der Waals surface area contributed by atoms with E-state index in [-0.39, 0.29) is 5.75 Å². The van der Waals surface area contributed by atoms with E-state index in [1.165, 1.54) is 21.6 Å². The molecule has 1 aromatic carbocycles. The second-order valence-corrected chi connectivity index (χ2v) is 6.91. The summed E-state index contributed by atoms with van der Waals surface area (Å²) in [6.45, 7) is 1.94. The molecule has 21 heavy (non-hydrogen) atoms. The van der Waals surface area contributed by atoms with Crippen LogP contribution in [0.4, 0.5) is 0 Å². The highest BCUT2D eigenvalue weighted by Crippen LogP contribution is 2.22. The van der Waals surface area contributed by atoms with Gasteiger partial charge in [-0.25, -0.2) is 4.79 Å². The van der Waals surface area contributed by atoms with Crippen molar-refractivity contribution in [3.05, 3.63) is 29.8 Å². The number of aliphatic carboxylic acids is 1. The van der Waals surface area contributed by atoms with Crippen molar-refractivity contribution in [2.24, 2.45) is 11.5 Å². The van der Waals surface area contributed by atoms with Gasteiger partial charge < -0.3 is 21.3 Å². The van der Waals surface area contributed by atoms with E-state index in [0.717, 1.165) is 5.56 Å². The molecule has 0 aliphatic rings. The predicted molar refractivity (Wildman–Crippen MR) is 85.3 cm³/mol. The molecule has 6 nitrogen and oxygen atoms in total. The zero-order valence-corrected chi connectivity index (χ0v) is 13.2. The molecule has 0 bridgehead atoms. The minimum absolute atomic E-state index is 0.250. The molecule has 0 amide bonds. The molecule has 0 aliphatic carbocycles. The third-order valence-corrected chi connectivity index (χ3v) is 4.91. The Morgan fingerprint density at radius 2 is 1.67 bits per heavy atom. The highest BCUT2D eigenvalue weighted by Gasteiger charge is 2.17. The van der Waals surface area contributed by atoms with Crippen LogP contribution in [0, 0.1) is 6.92 Å². The van der Waals surface area contributed by atoms with E-state index >= 15 is 0 Å². The first-order chi connectivity index (χ1) is 9.90. The van der Waals surface area contributed by atoms with Crippen molar-refractivity contribution < 1.29 is 19.4 Å².